The fourth-order valence-electron chi connectivity index (χ4n) is 1.93. The standard InChI is InChI=1S/C10H11ClFN3O3/c11-5-2-15(10(18)14-9(5)13)6-1-7(17)4(3-16)8(6)12/h2,6-7,16-17H,1,3H2,(H2,13,14,18)/t6-,7-/m0/s1. The normalized spacial score (nSPS) is 23.8. The molecule has 0 saturated carbocycles. The van der Waals surface area contributed by atoms with Gasteiger partial charge in [-0.05, 0) is 0 Å². The van der Waals surface area contributed by atoms with Crippen molar-refractivity contribution in [2.45, 2.75) is 18.6 Å². The number of nitrogen functional groups attached to an aromatic ring is 1. The second-order valence-electron chi connectivity index (χ2n) is 3.96. The molecule has 0 spiro atoms. The molecule has 0 radical (unpaired) electrons. The Morgan fingerprint density at radius 3 is 2.89 bits per heavy atom. The third-order valence-corrected chi connectivity index (χ3v) is 3.18. The Labute approximate surface area is 106 Å². The third-order valence-electron chi connectivity index (χ3n) is 2.89. The van der Waals surface area contributed by atoms with Crippen LogP contribution in [0.25, 0.3) is 0 Å². The van der Waals surface area contributed by atoms with E-state index in [9.17, 15) is 14.3 Å². The van der Waals surface area contributed by atoms with Gasteiger partial charge in [-0.25, -0.2) is 9.18 Å². The first-order valence-corrected chi connectivity index (χ1v) is 5.55. The predicted molar refractivity (Wildman–Crippen MR) is 62.8 cm³/mol. The summed E-state index contributed by atoms with van der Waals surface area (Å²) in [6.07, 6.45) is -0.00389. The summed E-state index contributed by atoms with van der Waals surface area (Å²) in [7, 11) is 0. The Morgan fingerprint density at radius 2 is 2.33 bits per heavy atom. The highest BCUT2D eigenvalue weighted by molar-refractivity contribution is 6.32. The van der Waals surface area contributed by atoms with E-state index in [1.165, 1.54) is 6.20 Å². The van der Waals surface area contributed by atoms with Gasteiger partial charge in [0, 0.05) is 18.2 Å². The minimum atomic E-state index is -1.12. The molecule has 0 bridgehead atoms. The first-order chi connectivity index (χ1) is 8.45. The molecule has 0 fully saturated rings. The molecule has 0 amide bonds. The maximum absolute atomic E-state index is 13.9. The minimum absolute atomic E-state index is 0.0225. The van der Waals surface area contributed by atoms with Crippen LogP contribution in [0.15, 0.2) is 22.4 Å². The molecule has 8 heteroatoms. The number of aromatic nitrogens is 2. The van der Waals surface area contributed by atoms with Crippen LogP contribution in [0.1, 0.15) is 12.5 Å². The monoisotopic (exact) mass is 275 g/mol. The number of aliphatic hydroxyl groups excluding tert-OH is 2. The Balaban J connectivity index is 2.49. The summed E-state index contributed by atoms with van der Waals surface area (Å²) in [6.45, 7) is -0.603. The summed E-state index contributed by atoms with van der Waals surface area (Å²) >= 11 is 5.72. The molecule has 1 aliphatic rings. The average molecular weight is 276 g/mol. The SMILES string of the molecule is Nc1nc(=O)n([C@H]2C[C@H](O)C(CO)=C2F)cc1Cl. The van der Waals surface area contributed by atoms with Gasteiger partial charge in [-0.2, -0.15) is 4.98 Å². The molecule has 2 atom stereocenters. The summed E-state index contributed by atoms with van der Waals surface area (Å²) in [6, 6.07) is -1.01. The zero-order valence-electron chi connectivity index (χ0n) is 9.18. The van der Waals surface area contributed by atoms with Crippen LogP contribution >= 0.6 is 11.6 Å². The van der Waals surface area contributed by atoms with Crippen molar-refractivity contribution >= 4 is 17.4 Å². The van der Waals surface area contributed by atoms with E-state index in [1.54, 1.807) is 0 Å². The smallest absolute Gasteiger partial charge is 0.350 e. The zero-order chi connectivity index (χ0) is 13.4. The van der Waals surface area contributed by atoms with Crippen LogP contribution in [0.5, 0.6) is 0 Å². The van der Waals surface area contributed by atoms with E-state index in [2.05, 4.69) is 4.98 Å². The lowest BCUT2D eigenvalue weighted by Gasteiger charge is -2.13. The number of aliphatic hydroxyl groups is 2. The Kier molecular flexibility index (Phi) is 3.38. The van der Waals surface area contributed by atoms with Crippen molar-refractivity contribution < 1.29 is 14.6 Å². The van der Waals surface area contributed by atoms with Crippen LogP contribution in [0.2, 0.25) is 5.02 Å². The van der Waals surface area contributed by atoms with Crippen molar-refractivity contribution in [3.8, 4) is 0 Å². The Morgan fingerprint density at radius 1 is 1.67 bits per heavy atom. The van der Waals surface area contributed by atoms with E-state index in [4.69, 9.17) is 22.4 Å². The predicted octanol–water partition coefficient (Wildman–Crippen LogP) is 0.000500. The molecular weight excluding hydrogens is 265 g/mol. The molecule has 1 heterocycles. The maximum atomic E-state index is 13.9. The number of rotatable bonds is 2. The molecular formula is C10H11ClFN3O3. The summed E-state index contributed by atoms with van der Waals surface area (Å²) < 4.78 is 14.9. The highest BCUT2D eigenvalue weighted by atomic mass is 35.5. The van der Waals surface area contributed by atoms with E-state index in [1.807, 2.05) is 0 Å². The molecule has 0 aliphatic heterocycles. The lowest BCUT2D eigenvalue weighted by Crippen LogP contribution is -2.27. The van der Waals surface area contributed by atoms with E-state index >= 15 is 0 Å². The van der Waals surface area contributed by atoms with Gasteiger partial charge < -0.3 is 15.9 Å². The first kappa shape index (κ1) is 13.0. The van der Waals surface area contributed by atoms with Crippen LogP contribution in [0, 0.1) is 0 Å². The van der Waals surface area contributed by atoms with Gasteiger partial charge in [0.15, 0.2) is 0 Å². The average Bonchev–Trinajstić information content (AvgIpc) is 2.59. The van der Waals surface area contributed by atoms with Crippen LogP contribution in [0.4, 0.5) is 10.2 Å². The van der Waals surface area contributed by atoms with Gasteiger partial charge in [-0.15, -0.1) is 0 Å². The molecule has 4 N–H and O–H groups in total. The zero-order valence-corrected chi connectivity index (χ0v) is 9.93. The number of anilines is 1. The van der Waals surface area contributed by atoms with E-state index in [0.29, 0.717) is 0 Å². The van der Waals surface area contributed by atoms with Crippen molar-refractivity contribution in [1.82, 2.24) is 9.55 Å². The molecule has 98 valence electrons. The van der Waals surface area contributed by atoms with Crippen molar-refractivity contribution in [3.63, 3.8) is 0 Å². The van der Waals surface area contributed by atoms with Gasteiger partial charge in [0.05, 0.1) is 23.8 Å². The van der Waals surface area contributed by atoms with Crippen molar-refractivity contribution in [2.24, 2.45) is 0 Å². The van der Waals surface area contributed by atoms with Gasteiger partial charge in [0.1, 0.15) is 11.6 Å². The van der Waals surface area contributed by atoms with Crippen LogP contribution in [-0.4, -0.2) is 32.5 Å². The molecule has 0 saturated heterocycles. The molecule has 0 aromatic carbocycles. The summed E-state index contributed by atoms with van der Waals surface area (Å²) in [5.41, 5.74) is 4.47. The van der Waals surface area contributed by atoms with Crippen molar-refractivity contribution in [1.29, 1.82) is 0 Å². The van der Waals surface area contributed by atoms with E-state index in [-0.39, 0.29) is 22.8 Å². The van der Waals surface area contributed by atoms with Crippen LogP contribution in [-0.2, 0) is 0 Å². The highest BCUT2D eigenvalue weighted by Gasteiger charge is 2.34. The second kappa shape index (κ2) is 4.68. The first-order valence-electron chi connectivity index (χ1n) is 5.17. The number of nitrogens with two attached hydrogens (primary N) is 1. The molecule has 6 nitrogen and oxygen atoms in total. The summed E-state index contributed by atoms with van der Waals surface area (Å²) in [5, 5.41) is 18.5. The topological polar surface area (TPSA) is 101 Å². The van der Waals surface area contributed by atoms with Crippen LogP contribution in [0.3, 0.4) is 0 Å². The lowest BCUT2D eigenvalue weighted by atomic mass is 10.2. The van der Waals surface area contributed by atoms with E-state index < -0.39 is 30.3 Å². The third kappa shape index (κ3) is 2.00. The maximum Gasteiger partial charge on any atom is 0.350 e. The summed E-state index contributed by atoms with van der Waals surface area (Å²) in [5.74, 6) is -0.877. The molecule has 2 rings (SSSR count). The van der Waals surface area contributed by atoms with Gasteiger partial charge in [-0.3, -0.25) is 4.57 Å². The molecule has 0 unspecified atom stereocenters. The Bertz CT molecular complexity index is 572. The Hall–Kier alpha value is -1.44. The van der Waals surface area contributed by atoms with Gasteiger partial charge >= 0.3 is 5.69 Å². The van der Waals surface area contributed by atoms with Gasteiger partial charge in [-0.1, -0.05) is 11.6 Å². The molecule has 18 heavy (non-hydrogen) atoms. The summed E-state index contributed by atoms with van der Waals surface area (Å²) in [4.78, 5) is 15.1. The number of hydrogen-bond donors (Lipinski definition) is 3. The quantitative estimate of drug-likeness (QED) is 0.705. The molecule has 1 aliphatic carbocycles. The number of halogens is 2. The number of hydrogen-bond acceptors (Lipinski definition) is 5. The molecule has 1 aromatic heterocycles. The number of nitrogens with zero attached hydrogens (tertiary/aromatic N) is 2. The van der Waals surface area contributed by atoms with E-state index in [0.717, 1.165) is 4.57 Å². The second-order valence-corrected chi connectivity index (χ2v) is 4.37. The van der Waals surface area contributed by atoms with Crippen LogP contribution < -0.4 is 11.4 Å². The van der Waals surface area contributed by atoms with Gasteiger partial charge in [0.25, 0.3) is 0 Å². The fourth-order valence-corrected chi connectivity index (χ4v) is 2.08. The van der Waals surface area contributed by atoms with Gasteiger partial charge in [0.2, 0.25) is 0 Å². The van der Waals surface area contributed by atoms with Crippen molar-refractivity contribution in [2.75, 3.05) is 12.3 Å². The fraction of sp³-hybridized carbons (Fsp3) is 0.400. The highest BCUT2D eigenvalue weighted by Crippen LogP contribution is 2.36. The number of allylic oxidation sites excluding steroid dienone is 1. The largest absolute Gasteiger partial charge is 0.392 e. The minimum Gasteiger partial charge on any atom is -0.392 e. The van der Waals surface area contributed by atoms with Crippen molar-refractivity contribution in [3.05, 3.63) is 33.1 Å². The lowest BCUT2D eigenvalue weighted by molar-refractivity contribution is 0.181. The molecule has 1 aromatic rings.